The molecule has 0 atom stereocenters. The van der Waals surface area contributed by atoms with Gasteiger partial charge in [0.15, 0.2) is 4.77 Å². The summed E-state index contributed by atoms with van der Waals surface area (Å²) in [6.07, 6.45) is 1.07. The molecule has 0 aliphatic carbocycles. The normalized spacial score (nSPS) is 10.9. The maximum atomic E-state index is 4.96. The van der Waals surface area contributed by atoms with Gasteiger partial charge in [0, 0.05) is 11.4 Å². The van der Waals surface area contributed by atoms with Crippen LogP contribution in [0.3, 0.4) is 0 Å². The molecule has 0 unspecified atom stereocenters. The molecule has 11 heavy (non-hydrogen) atoms. The molecule has 1 rings (SSSR count). The van der Waals surface area contributed by atoms with E-state index in [9.17, 15) is 0 Å². The smallest absolute Gasteiger partial charge is 0.174 e. The second kappa shape index (κ2) is 3.22. The van der Waals surface area contributed by atoms with Crippen LogP contribution in [0.25, 0.3) is 0 Å². The number of hydrogen-bond acceptors (Lipinski definition) is 1. The number of imidazole rings is 1. The molecular weight excluding hydrogens is 156 g/mol. The first kappa shape index (κ1) is 8.53. The Labute approximate surface area is 72.0 Å². The van der Waals surface area contributed by atoms with E-state index in [4.69, 9.17) is 12.2 Å². The van der Waals surface area contributed by atoms with Crippen molar-refractivity contribution < 1.29 is 0 Å². The second-order valence-electron chi connectivity index (χ2n) is 3.28. The van der Waals surface area contributed by atoms with Gasteiger partial charge in [0.25, 0.3) is 0 Å². The molecule has 1 aromatic rings. The SMILES string of the molecule is Cc1[nH]c(=S)[nH]c1CC(C)C. The fourth-order valence-corrected chi connectivity index (χ4v) is 1.40. The summed E-state index contributed by atoms with van der Waals surface area (Å²) in [6, 6.07) is 0. The molecule has 3 heteroatoms. The molecule has 0 saturated heterocycles. The Hall–Kier alpha value is -0.570. The molecule has 62 valence electrons. The molecule has 0 bridgehead atoms. The molecule has 0 radical (unpaired) electrons. The highest BCUT2D eigenvalue weighted by atomic mass is 32.1. The lowest BCUT2D eigenvalue weighted by Gasteiger charge is -2.01. The van der Waals surface area contributed by atoms with Gasteiger partial charge in [-0.25, -0.2) is 0 Å². The predicted octanol–water partition coefficient (Wildman–Crippen LogP) is 2.58. The monoisotopic (exact) mass is 170 g/mol. The summed E-state index contributed by atoms with van der Waals surface area (Å²) in [6.45, 7) is 6.44. The lowest BCUT2D eigenvalue weighted by Crippen LogP contribution is -1.95. The molecule has 0 aliphatic rings. The van der Waals surface area contributed by atoms with Gasteiger partial charge in [-0.1, -0.05) is 13.8 Å². The van der Waals surface area contributed by atoms with Crippen molar-refractivity contribution in [3.05, 3.63) is 16.2 Å². The fraction of sp³-hybridized carbons (Fsp3) is 0.625. The maximum absolute atomic E-state index is 4.96. The number of hydrogen-bond donors (Lipinski definition) is 2. The number of nitrogens with one attached hydrogen (secondary N) is 2. The van der Waals surface area contributed by atoms with E-state index in [0.717, 1.165) is 11.2 Å². The van der Waals surface area contributed by atoms with Gasteiger partial charge in [0.2, 0.25) is 0 Å². The topological polar surface area (TPSA) is 31.6 Å². The predicted molar refractivity (Wildman–Crippen MR) is 49.3 cm³/mol. The Morgan fingerprint density at radius 3 is 2.36 bits per heavy atom. The summed E-state index contributed by atoms with van der Waals surface area (Å²) in [5.74, 6) is 0.676. The lowest BCUT2D eigenvalue weighted by atomic mass is 10.1. The van der Waals surface area contributed by atoms with E-state index in [2.05, 4.69) is 23.8 Å². The molecule has 0 aliphatic heterocycles. The molecular formula is C8H14N2S. The van der Waals surface area contributed by atoms with Crippen molar-refractivity contribution in [2.75, 3.05) is 0 Å². The van der Waals surface area contributed by atoms with Crippen LogP contribution in [0, 0.1) is 17.6 Å². The van der Waals surface area contributed by atoms with Gasteiger partial charge in [-0.3, -0.25) is 0 Å². The number of H-pyrrole nitrogens is 2. The third-order valence-corrected chi connectivity index (χ3v) is 1.83. The maximum Gasteiger partial charge on any atom is 0.174 e. The largest absolute Gasteiger partial charge is 0.335 e. The van der Waals surface area contributed by atoms with E-state index in [1.54, 1.807) is 0 Å². The summed E-state index contributed by atoms with van der Waals surface area (Å²) < 4.78 is 0.734. The van der Waals surface area contributed by atoms with Gasteiger partial charge in [-0.15, -0.1) is 0 Å². The third-order valence-electron chi connectivity index (χ3n) is 1.63. The minimum absolute atomic E-state index is 0.676. The highest BCUT2D eigenvalue weighted by Crippen LogP contribution is 2.08. The van der Waals surface area contributed by atoms with Crippen LogP contribution >= 0.6 is 12.2 Å². The lowest BCUT2D eigenvalue weighted by molar-refractivity contribution is 0.634. The zero-order chi connectivity index (χ0) is 8.43. The van der Waals surface area contributed by atoms with E-state index in [0.29, 0.717) is 5.92 Å². The third kappa shape index (κ3) is 2.19. The Morgan fingerprint density at radius 2 is 2.00 bits per heavy atom. The summed E-state index contributed by atoms with van der Waals surface area (Å²) in [7, 11) is 0. The van der Waals surface area contributed by atoms with Gasteiger partial charge in [-0.05, 0) is 31.5 Å². The molecule has 1 aromatic heterocycles. The van der Waals surface area contributed by atoms with Gasteiger partial charge >= 0.3 is 0 Å². The zero-order valence-corrected chi connectivity index (χ0v) is 8.01. The van der Waals surface area contributed by atoms with E-state index in [1.165, 1.54) is 11.4 Å². The quantitative estimate of drug-likeness (QED) is 0.657. The van der Waals surface area contributed by atoms with Crippen molar-refractivity contribution in [1.29, 1.82) is 0 Å². The molecule has 0 amide bonds. The molecule has 0 aromatic carbocycles. The molecule has 0 spiro atoms. The second-order valence-corrected chi connectivity index (χ2v) is 3.69. The van der Waals surface area contributed by atoms with E-state index >= 15 is 0 Å². The first-order chi connectivity index (χ1) is 5.09. The highest BCUT2D eigenvalue weighted by Gasteiger charge is 2.02. The van der Waals surface area contributed by atoms with Crippen LogP contribution in [0.4, 0.5) is 0 Å². The van der Waals surface area contributed by atoms with Crippen LogP contribution in [-0.4, -0.2) is 9.97 Å². The van der Waals surface area contributed by atoms with E-state index < -0.39 is 0 Å². The Bertz CT molecular complexity index is 283. The van der Waals surface area contributed by atoms with Crippen molar-refractivity contribution in [2.45, 2.75) is 27.2 Å². The van der Waals surface area contributed by atoms with Crippen LogP contribution in [0.5, 0.6) is 0 Å². The van der Waals surface area contributed by atoms with Crippen LogP contribution < -0.4 is 0 Å². The van der Waals surface area contributed by atoms with E-state index in [1.807, 2.05) is 6.92 Å². The molecule has 2 N–H and O–H groups in total. The number of aromatic amines is 2. The molecule has 0 fully saturated rings. The minimum atomic E-state index is 0.676. The van der Waals surface area contributed by atoms with Crippen molar-refractivity contribution >= 4 is 12.2 Å². The average Bonchev–Trinajstić information content (AvgIpc) is 2.09. The van der Waals surface area contributed by atoms with Crippen molar-refractivity contribution in [3.8, 4) is 0 Å². The highest BCUT2D eigenvalue weighted by molar-refractivity contribution is 7.71. The van der Waals surface area contributed by atoms with Gasteiger partial charge < -0.3 is 9.97 Å². The average molecular weight is 170 g/mol. The first-order valence-corrected chi connectivity index (χ1v) is 4.28. The fourth-order valence-electron chi connectivity index (χ4n) is 1.12. The van der Waals surface area contributed by atoms with Crippen molar-refractivity contribution in [2.24, 2.45) is 5.92 Å². The van der Waals surface area contributed by atoms with Crippen LogP contribution in [-0.2, 0) is 6.42 Å². The van der Waals surface area contributed by atoms with Crippen LogP contribution in [0.15, 0.2) is 0 Å². The van der Waals surface area contributed by atoms with Gasteiger partial charge in [-0.2, -0.15) is 0 Å². The van der Waals surface area contributed by atoms with Crippen molar-refractivity contribution in [3.63, 3.8) is 0 Å². The van der Waals surface area contributed by atoms with Crippen LogP contribution in [0.2, 0.25) is 0 Å². The zero-order valence-electron chi connectivity index (χ0n) is 7.19. The molecule has 2 nitrogen and oxygen atoms in total. The molecule has 1 heterocycles. The van der Waals surface area contributed by atoms with Gasteiger partial charge in [0.05, 0.1) is 0 Å². The molecule has 0 saturated carbocycles. The standard InChI is InChI=1S/C8H14N2S/c1-5(2)4-7-6(3)9-8(11)10-7/h5H,4H2,1-3H3,(H2,9,10,11). The number of aryl methyl sites for hydroxylation is 1. The Kier molecular flexibility index (Phi) is 2.49. The minimum Gasteiger partial charge on any atom is -0.335 e. The summed E-state index contributed by atoms with van der Waals surface area (Å²) in [5, 5.41) is 0. The van der Waals surface area contributed by atoms with Crippen LogP contribution in [0.1, 0.15) is 25.2 Å². The van der Waals surface area contributed by atoms with E-state index in [-0.39, 0.29) is 0 Å². The summed E-state index contributed by atoms with van der Waals surface area (Å²) in [4.78, 5) is 6.21. The first-order valence-electron chi connectivity index (χ1n) is 3.87. The number of rotatable bonds is 2. The van der Waals surface area contributed by atoms with Gasteiger partial charge in [0.1, 0.15) is 0 Å². The summed E-state index contributed by atoms with van der Waals surface area (Å²) >= 11 is 4.96. The Morgan fingerprint density at radius 1 is 1.36 bits per heavy atom. The summed E-state index contributed by atoms with van der Waals surface area (Å²) in [5.41, 5.74) is 2.41. The Balaban J connectivity index is 2.86. The number of aromatic nitrogens is 2. The van der Waals surface area contributed by atoms with Crippen molar-refractivity contribution in [1.82, 2.24) is 9.97 Å².